The van der Waals surface area contributed by atoms with Crippen molar-refractivity contribution in [2.45, 2.75) is 52.7 Å². The molecule has 1 aromatic carbocycles. The summed E-state index contributed by atoms with van der Waals surface area (Å²) in [5, 5.41) is 5.25. The van der Waals surface area contributed by atoms with E-state index < -0.39 is 11.7 Å². The first-order chi connectivity index (χ1) is 12.6. The molecule has 0 bridgehead atoms. The van der Waals surface area contributed by atoms with Gasteiger partial charge in [0.15, 0.2) is 0 Å². The van der Waals surface area contributed by atoms with Gasteiger partial charge in [0.25, 0.3) is 0 Å². The van der Waals surface area contributed by atoms with Crippen LogP contribution in [0.25, 0.3) is 21.8 Å². The van der Waals surface area contributed by atoms with Gasteiger partial charge in [-0.3, -0.25) is 4.98 Å². The zero-order valence-electron chi connectivity index (χ0n) is 16.4. The fourth-order valence-corrected chi connectivity index (χ4v) is 3.61. The predicted molar refractivity (Wildman–Crippen MR) is 113 cm³/mol. The van der Waals surface area contributed by atoms with Crippen molar-refractivity contribution in [1.82, 2.24) is 15.3 Å². The Morgan fingerprint density at radius 1 is 1.26 bits per heavy atom. The molecule has 2 N–H and O–H groups in total. The molecule has 1 atom stereocenters. The van der Waals surface area contributed by atoms with Gasteiger partial charge in [0.2, 0.25) is 0 Å². The molecule has 0 saturated heterocycles. The minimum absolute atomic E-state index is 0.236. The lowest BCUT2D eigenvalue weighted by atomic mass is 9.99. The minimum Gasteiger partial charge on any atom is -0.444 e. The van der Waals surface area contributed by atoms with Crippen LogP contribution in [0.3, 0.4) is 0 Å². The molecule has 0 aliphatic rings. The third-order valence-electron chi connectivity index (χ3n) is 4.24. The van der Waals surface area contributed by atoms with Crippen LogP contribution in [0.15, 0.2) is 34.9 Å². The van der Waals surface area contributed by atoms with Crippen molar-refractivity contribution in [3.63, 3.8) is 0 Å². The van der Waals surface area contributed by atoms with Gasteiger partial charge in [-0.15, -0.1) is 0 Å². The van der Waals surface area contributed by atoms with Crippen LogP contribution in [0, 0.1) is 5.92 Å². The number of ether oxygens (including phenoxy) is 1. The Balaban J connectivity index is 2.04. The highest BCUT2D eigenvalue weighted by Gasteiger charge is 2.24. The van der Waals surface area contributed by atoms with Gasteiger partial charge in [0.05, 0.1) is 17.3 Å². The standard InChI is InChI=1S/C21H26BrN3O2/c1-12(2)10-17(25-20(26)27-21(3,4)5)19-18-15(8-9-23-19)14-7-6-13(22)11-16(14)24-18/h6-9,11-12,17,24H,10H2,1-5H3,(H,25,26). The Hall–Kier alpha value is -2.08. The highest BCUT2D eigenvalue weighted by atomic mass is 79.9. The fourth-order valence-electron chi connectivity index (χ4n) is 3.25. The molecule has 0 fully saturated rings. The number of aromatic amines is 1. The lowest BCUT2D eigenvalue weighted by molar-refractivity contribution is 0.0497. The molecule has 144 valence electrons. The number of carbonyl (C=O) groups is 1. The Bertz CT molecular complexity index is 973. The average Bonchev–Trinajstić information content (AvgIpc) is 2.89. The van der Waals surface area contributed by atoms with Crippen molar-refractivity contribution in [2.75, 3.05) is 0 Å². The summed E-state index contributed by atoms with van der Waals surface area (Å²) in [6, 6.07) is 7.93. The van der Waals surface area contributed by atoms with E-state index in [0.29, 0.717) is 5.92 Å². The normalized spacial score (nSPS) is 13.3. The minimum atomic E-state index is -0.542. The van der Waals surface area contributed by atoms with E-state index in [1.807, 2.05) is 32.9 Å². The van der Waals surface area contributed by atoms with Crippen LogP contribution in [0.1, 0.15) is 52.8 Å². The monoisotopic (exact) mass is 431 g/mol. The van der Waals surface area contributed by atoms with E-state index in [0.717, 1.165) is 38.4 Å². The SMILES string of the molecule is CC(C)CC(NC(=O)OC(C)(C)C)c1nccc2c1[nH]c1cc(Br)ccc12. The summed E-state index contributed by atoms with van der Waals surface area (Å²) in [4.78, 5) is 20.5. The molecular formula is C21H26BrN3O2. The number of fused-ring (bicyclic) bond motifs is 3. The summed E-state index contributed by atoms with van der Waals surface area (Å²) >= 11 is 3.52. The maximum atomic E-state index is 12.4. The lowest BCUT2D eigenvalue weighted by Crippen LogP contribution is -2.35. The summed E-state index contributed by atoms with van der Waals surface area (Å²) in [6.07, 6.45) is 2.15. The quantitative estimate of drug-likeness (QED) is 0.524. The number of rotatable bonds is 4. The summed E-state index contributed by atoms with van der Waals surface area (Å²) in [7, 11) is 0. The maximum absolute atomic E-state index is 12.4. The van der Waals surface area contributed by atoms with Crippen molar-refractivity contribution in [2.24, 2.45) is 5.92 Å². The second kappa shape index (κ2) is 7.50. The molecule has 0 radical (unpaired) electrons. The third-order valence-corrected chi connectivity index (χ3v) is 4.73. The Labute approximate surface area is 168 Å². The molecule has 0 aliphatic heterocycles. The zero-order valence-corrected chi connectivity index (χ0v) is 18.0. The first kappa shape index (κ1) is 19.7. The molecule has 27 heavy (non-hydrogen) atoms. The fraction of sp³-hybridized carbons (Fsp3) is 0.429. The van der Waals surface area contributed by atoms with Gasteiger partial charge in [0.1, 0.15) is 5.60 Å². The van der Waals surface area contributed by atoms with Crippen LogP contribution in [-0.4, -0.2) is 21.7 Å². The number of benzene rings is 1. The number of halogens is 1. The number of alkyl carbamates (subject to hydrolysis) is 1. The van der Waals surface area contributed by atoms with Crippen LogP contribution in [0.2, 0.25) is 0 Å². The number of nitrogens with one attached hydrogen (secondary N) is 2. The maximum Gasteiger partial charge on any atom is 0.408 e. The number of carbonyl (C=O) groups excluding carboxylic acids is 1. The number of pyridine rings is 1. The third kappa shape index (κ3) is 4.61. The molecular weight excluding hydrogens is 406 g/mol. The second-order valence-electron chi connectivity index (χ2n) is 8.26. The molecule has 0 aliphatic carbocycles. The Morgan fingerprint density at radius 3 is 2.67 bits per heavy atom. The van der Waals surface area contributed by atoms with Gasteiger partial charge in [-0.2, -0.15) is 0 Å². The molecule has 1 unspecified atom stereocenters. The highest BCUT2D eigenvalue weighted by Crippen LogP contribution is 2.32. The van der Waals surface area contributed by atoms with E-state index in [1.165, 1.54) is 0 Å². The first-order valence-corrected chi connectivity index (χ1v) is 9.98. The van der Waals surface area contributed by atoms with Gasteiger partial charge in [-0.1, -0.05) is 35.8 Å². The van der Waals surface area contributed by atoms with Crippen LogP contribution < -0.4 is 5.32 Å². The van der Waals surface area contributed by atoms with Gasteiger partial charge < -0.3 is 15.0 Å². The van der Waals surface area contributed by atoms with Crippen LogP contribution in [0.4, 0.5) is 4.79 Å². The van der Waals surface area contributed by atoms with Gasteiger partial charge in [-0.05, 0) is 51.3 Å². The van der Waals surface area contributed by atoms with Crippen LogP contribution >= 0.6 is 15.9 Å². The molecule has 2 aromatic heterocycles. The molecule has 0 spiro atoms. The smallest absolute Gasteiger partial charge is 0.408 e. The Kier molecular flexibility index (Phi) is 5.47. The topological polar surface area (TPSA) is 67.0 Å². The molecule has 1 amide bonds. The van der Waals surface area contributed by atoms with Crippen LogP contribution in [-0.2, 0) is 4.74 Å². The van der Waals surface area contributed by atoms with E-state index in [9.17, 15) is 4.79 Å². The molecule has 5 nitrogen and oxygen atoms in total. The van der Waals surface area contributed by atoms with Crippen molar-refractivity contribution >= 4 is 43.8 Å². The number of H-pyrrole nitrogens is 1. The van der Waals surface area contributed by atoms with E-state index >= 15 is 0 Å². The number of hydrogen-bond donors (Lipinski definition) is 2. The van der Waals surface area contributed by atoms with E-state index in [2.05, 4.69) is 57.2 Å². The average molecular weight is 432 g/mol. The molecule has 2 heterocycles. The first-order valence-electron chi connectivity index (χ1n) is 9.19. The molecule has 0 saturated carbocycles. The summed E-state index contributed by atoms with van der Waals surface area (Å²) in [6.45, 7) is 9.84. The van der Waals surface area contributed by atoms with Crippen molar-refractivity contribution in [1.29, 1.82) is 0 Å². The molecule has 3 rings (SSSR count). The molecule has 3 aromatic rings. The van der Waals surface area contributed by atoms with Crippen LogP contribution in [0.5, 0.6) is 0 Å². The summed E-state index contributed by atoms with van der Waals surface area (Å²) in [5.74, 6) is 0.389. The number of nitrogens with zero attached hydrogens (tertiary/aromatic N) is 1. The van der Waals surface area contributed by atoms with E-state index in [-0.39, 0.29) is 6.04 Å². The van der Waals surface area contributed by atoms with E-state index in [1.54, 1.807) is 6.20 Å². The summed E-state index contributed by atoms with van der Waals surface area (Å²) < 4.78 is 6.48. The zero-order chi connectivity index (χ0) is 19.8. The van der Waals surface area contributed by atoms with Gasteiger partial charge in [0, 0.05) is 27.0 Å². The lowest BCUT2D eigenvalue weighted by Gasteiger charge is -2.24. The highest BCUT2D eigenvalue weighted by molar-refractivity contribution is 9.10. The second-order valence-corrected chi connectivity index (χ2v) is 9.18. The number of hydrogen-bond acceptors (Lipinski definition) is 3. The summed E-state index contributed by atoms with van der Waals surface area (Å²) in [5.41, 5.74) is 2.28. The van der Waals surface area contributed by atoms with Gasteiger partial charge in [-0.25, -0.2) is 4.79 Å². The van der Waals surface area contributed by atoms with E-state index in [4.69, 9.17) is 4.74 Å². The largest absolute Gasteiger partial charge is 0.444 e. The predicted octanol–water partition coefficient (Wildman–Crippen LogP) is 6.09. The van der Waals surface area contributed by atoms with Crippen molar-refractivity contribution < 1.29 is 9.53 Å². The van der Waals surface area contributed by atoms with Gasteiger partial charge >= 0.3 is 6.09 Å². The number of amides is 1. The molecule has 6 heteroatoms. The Morgan fingerprint density at radius 2 is 2.00 bits per heavy atom. The van der Waals surface area contributed by atoms with Crippen molar-refractivity contribution in [3.05, 3.63) is 40.6 Å². The van der Waals surface area contributed by atoms with Crippen molar-refractivity contribution in [3.8, 4) is 0 Å². The number of aromatic nitrogens is 2.